The van der Waals surface area contributed by atoms with E-state index in [0.29, 0.717) is 0 Å². The number of hydrogen-bond donors (Lipinski definition) is 0. The molecule has 0 saturated carbocycles. The van der Waals surface area contributed by atoms with Crippen molar-refractivity contribution >= 4 is 11.0 Å². The first-order chi connectivity index (χ1) is 7.88. The second-order valence-corrected chi connectivity index (χ2v) is 4.55. The molecule has 3 heteroatoms. The highest BCUT2D eigenvalue weighted by Crippen LogP contribution is 2.20. The predicted molar refractivity (Wildman–Crippen MR) is 66.1 cm³/mol. The number of aromatic nitrogens is 2. The SMILES string of the molecule is CCC1CCN(n2cnc3ccccc32)C1. The maximum absolute atomic E-state index is 4.44. The van der Waals surface area contributed by atoms with Crippen molar-refractivity contribution in [2.45, 2.75) is 19.8 Å². The minimum atomic E-state index is 0.848. The van der Waals surface area contributed by atoms with Gasteiger partial charge < -0.3 is 5.01 Å². The second kappa shape index (κ2) is 3.81. The van der Waals surface area contributed by atoms with Gasteiger partial charge in [0.25, 0.3) is 0 Å². The number of imidazole rings is 1. The molecule has 1 atom stereocenters. The lowest BCUT2D eigenvalue weighted by Crippen LogP contribution is -2.31. The standard InChI is InChI=1S/C13H17N3/c1-2-11-7-8-15(9-11)16-10-14-12-5-3-4-6-13(12)16/h3-6,10-11H,2,7-9H2,1H3. The summed E-state index contributed by atoms with van der Waals surface area (Å²) < 4.78 is 2.21. The van der Waals surface area contributed by atoms with Gasteiger partial charge in [-0.3, -0.25) is 0 Å². The van der Waals surface area contributed by atoms with E-state index >= 15 is 0 Å². The summed E-state index contributed by atoms with van der Waals surface area (Å²) in [4.78, 5) is 4.44. The number of benzene rings is 1. The van der Waals surface area contributed by atoms with Crippen LogP contribution in [0.15, 0.2) is 30.6 Å². The molecule has 0 N–H and O–H groups in total. The fraction of sp³-hybridized carbons (Fsp3) is 0.462. The monoisotopic (exact) mass is 215 g/mol. The lowest BCUT2D eigenvalue weighted by Gasteiger charge is -2.20. The zero-order valence-electron chi connectivity index (χ0n) is 9.63. The van der Waals surface area contributed by atoms with Crippen LogP contribution in [0, 0.1) is 5.92 Å². The van der Waals surface area contributed by atoms with Gasteiger partial charge in [0, 0.05) is 13.1 Å². The Labute approximate surface area is 95.7 Å². The highest BCUT2D eigenvalue weighted by atomic mass is 15.6. The summed E-state index contributed by atoms with van der Waals surface area (Å²) in [6, 6.07) is 8.33. The molecule has 16 heavy (non-hydrogen) atoms. The Morgan fingerprint density at radius 1 is 1.38 bits per heavy atom. The molecular weight excluding hydrogens is 198 g/mol. The maximum Gasteiger partial charge on any atom is 0.116 e. The lowest BCUT2D eigenvalue weighted by atomic mass is 10.1. The summed E-state index contributed by atoms with van der Waals surface area (Å²) in [6.45, 7) is 4.59. The van der Waals surface area contributed by atoms with Gasteiger partial charge in [0.15, 0.2) is 0 Å². The third kappa shape index (κ3) is 1.47. The van der Waals surface area contributed by atoms with Gasteiger partial charge >= 0.3 is 0 Å². The van der Waals surface area contributed by atoms with Crippen LogP contribution in [0.1, 0.15) is 19.8 Å². The van der Waals surface area contributed by atoms with Gasteiger partial charge in [0.2, 0.25) is 0 Å². The van der Waals surface area contributed by atoms with Crippen molar-refractivity contribution in [2.24, 2.45) is 5.92 Å². The predicted octanol–water partition coefficient (Wildman–Crippen LogP) is 2.40. The van der Waals surface area contributed by atoms with E-state index in [2.05, 4.69) is 39.8 Å². The van der Waals surface area contributed by atoms with Crippen molar-refractivity contribution < 1.29 is 0 Å². The molecule has 1 saturated heterocycles. The minimum absolute atomic E-state index is 0.848. The summed E-state index contributed by atoms with van der Waals surface area (Å²) in [7, 11) is 0. The van der Waals surface area contributed by atoms with Crippen LogP contribution < -0.4 is 5.01 Å². The van der Waals surface area contributed by atoms with Gasteiger partial charge in [-0.25, -0.2) is 9.66 Å². The molecule has 1 aromatic carbocycles. The first kappa shape index (κ1) is 9.70. The maximum atomic E-state index is 4.44. The highest BCUT2D eigenvalue weighted by molar-refractivity contribution is 5.75. The zero-order chi connectivity index (χ0) is 11.0. The van der Waals surface area contributed by atoms with E-state index in [1.54, 1.807) is 0 Å². The van der Waals surface area contributed by atoms with Crippen molar-refractivity contribution in [3.8, 4) is 0 Å². The average Bonchev–Trinajstić information content (AvgIpc) is 2.94. The molecule has 0 bridgehead atoms. The van der Waals surface area contributed by atoms with E-state index in [1.165, 1.54) is 18.4 Å². The largest absolute Gasteiger partial charge is 0.311 e. The van der Waals surface area contributed by atoms with Crippen LogP contribution in [0.3, 0.4) is 0 Å². The van der Waals surface area contributed by atoms with Crippen LogP contribution in [-0.2, 0) is 0 Å². The van der Waals surface area contributed by atoms with E-state index < -0.39 is 0 Å². The Morgan fingerprint density at radius 3 is 3.06 bits per heavy atom. The van der Waals surface area contributed by atoms with Crippen molar-refractivity contribution in [3.63, 3.8) is 0 Å². The molecule has 2 heterocycles. The Bertz CT molecular complexity index is 489. The van der Waals surface area contributed by atoms with Gasteiger partial charge in [-0.1, -0.05) is 25.5 Å². The van der Waals surface area contributed by atoms with E-state index in [9.17, 15) is 0 Å². The molecule has 1 fully saturated rings. The molecule has 0 amide bonds. The first-order valence-corrected chi connectivity index (χ1v) is 6.06. The molecule has 3 rings (SSSR count). The minimum Gasteiger partial charge on any atom is -0.311 e. The fourth-order valence-corrected chi connectivity index (χ4v) is 2.51. The topological polar surface area (TPSA) is 21.1 Å². The number of rotatable bonds is 2. The highest BCUT2D eigenvalue weighted by Gasteiger charge is 2.22. The second-order valence-electron chi connectivity index (χ2n) is 4.55. The lowest BCUT2D eigenvalue weighted by molar-refractivity contribution is 0.554. The van der Waals surface area contributed by atoms with Crippen LogP contribution in [0.25, 0.3) is 11.0 Å². The zero-order valence-corrected chi connectivity index (χ0v) is 9.63. The van der Waals surface area contributed by atoms with E-state index in [0.717, 1.165) is 24.5 Å². The third-order valence-corrected chi connectivity index (χ3v) is 3.58. The molecule has 2 aromatic rings. The van der Waals surface area contributed by atoms with Crippen molar-refractivity contribution in [1.82, 2.24) is 9.66 Å². The number of fused-ring (bicyclic) bond motifs is 1. The molecule has 84 valence electrons. The smallest absolute Gasteiger partial charge is 0.116 e. The molecule has 1 unspecified atom stereocenters. The molecule has 1 aromatic heterocycles. The van der Waals surface area contributed by atoms with Crippen LogP contribution >= 0.6 is 0 Å². The quantitative estimate of drug-likeness (QED) is 0.767. The molecule has 0 radical (unpaired) electrons. The van der Waals surface area contributed by atoms with E-state index in [-0.39, 0.29) is 0 Å². The fourth-order valence-electron chi connectivity index (χ4n) is 2.51. The summed E-state index contributed by atoms with van der Waals surface area (Å²) in [5.74, 6) is 0.848. The van der Waals surface area contributed by atoms with Crippen LogP contribution in [-0.4, -0.2) is 22.7 Å². The summed E-state index contributed by atoms with van der Waals surface area (Å²) in [6.07, 6.45) is 4.54. The van der Waals surface area contributed by atoms with Crippen molar-refractivity contribution in [1.29, 1.82) is 0 Å². The normalized spacial score (nSPS) is 20.8. The molecule has 1 aliphatic rings. The van der Waals surface area contributed by atoms with Crippen molar-refractivity contribution in [3.05, 3.63) is 30.6 Å². The van der Waals surface area contributed by atoms with E-state index in [4.69, 9.17) is 0 Å². The molecule has 0 aliphatic carbocycles. The van der Waals surface area contributed by atoms with Crippen LogP contribution in [0.4, 0.5) is 0 Å². The van der Waals surface area contributed by atoms with Gasteiger partial charge in [-0.2, -0.15) is 0 Å². The molecule has 1 aliphatic heterocycles. The van der Waals surface area contributed by atoms with E-state index in [1.807, 2.05) is 12.4 Å². The molecule has 3 nitrogen and oxygen atoms in total. The van der Waals surface area contributed by atoms with Crippen LogP contribution in [0.2, 0.25) is 0 Å². The molecule has 0 spiro atoms. The first-order valence-electron chi connectivity index (χ1n) is 6.06. The summed E-state index contributed by atoms with van der Waals surface area (Å²) >= 11 is 0. The Balaban J connectivity index is 1.95. The Hall–Kier alpha value is -1.51. The van der Waals surface area contributed by atoms with Gasteiger partial charge in [-0.15, -0.1) is 0 Å². The molecular formula is C13H17N3. The summed E-state index contributed by atoms with van der Waals surface area (Å²) in [5.41, 5.74) is 2.31. The van der Waals surface area contributed by atoms with Gasteiger partial charge in [0.1, 0.15) is 6.33 Å². The Morgan fingerprint density at radius 2 is 2.25 bits per heavy atom. The number of hydrogen-bond acceptors (Lipinski definition) is 2. The van der Waals surface area contributed by atoms with Crippen molar-refractivity contribution in [2.75, 3.05) is 18.1 Å². The van der Waals surface area contributed by atoms with Gasteiger partial charge in [-0.05, 0) is 24.5 Å². The van der Waals surface area contributed by atoms with Crippen LogP contribution in [0.5, 0.6) is 0 Å². The number of para-hydroxylation sites is 2. The van der Waals surface area contributed by atoms with Gasteiger partial charge in [0.05, 0.1) is 11.0 Å². The summed E-state index contributed by atoms with van der Waals surface area (Å²) in [5, 5.41) is 2.41. The number of nitrogens with zero attached hydrogens (tertiary/aromatic N) is 3. The Kier molecular flexibility index (Phi) is 2.31. The average molecular weight is 215 g/mol. The third-order valence-electron chi connectivity index (χ3n) is 3.58.